The number of nitrogens with zero attached hydrogens (tertiary/aromatic N) is 5. The molecule has 8 nitrogen and oxygen atoms in total. The number of allylic oxidation sites excluding steroid dienone is 1. The summed E-state index contributed by atoms with van der Waals surface area (Å²) < 4.78 is 6.41. The fourth-order valence-electron chi connectivity index (χ4n) is 1.99. The molecule has 114 valence electrons. The Balaban J connectivity index is 2.03. The molecule has 1 aliphatic rings. The lowest BCUT2D eigenvalue weighted by Crippen LogP contribution is -2.22. The van der Waals surface area contributed by atoms with E-state index in [1.807, 2.05) is 0 Å². The molecule has 2 aromatic heterocycles. The third-order valence-corrected chi connectivity index (χ3v) is 3.23. The number of rotatable bonds is 4. The Morgan fingerprint density at radius 2 is 2.27 bits per heavy atom. The molecule has 0 spiro atoms. The van der Waals surface area contributed by atoms with Crippen molar-refractivity contribution in [1.29, 1.82) is 0 Å². The summed E-state index contributed by atoms with van der Waals surface area (Å²) in [5, 5.41) is 5.40. The third-order valence-electron chi connectivity index (χ3n) is 2.99. The Bertz CT molecular complexity index is 770. The second-order valence-corrected chi connectivity index (χ2v) is 4.58. The number of hydroxylamine groups is 1. The number of carbonyl (C=O) groups excluding carboxylic acids is 1. The van der Waals surface area contributed by atoms with Gasteiger partial charge in [-0.1, -0.05) is 0 Å². The Hall–Kier alpha value is -2.61. The molecule has 1 aliphatic heterocycles. The zero-order chi connectivity index (χ0) is 15.5. The molecule has 0 atom stereocenters. The molecule has 0 amide bonds. The van der Waals surface area contributed by atoms with Crippen LogP contribution < -0.4 is 0 Å². The van der Waals surface area contributed by atoms with E-state index < -0.39 is 5.97 Å². The summed E-state index contributed by atoms with van der Waals surface area (Å²) in [5.41, 5.74) is 1.33. The Morgan fingerprint density at radius 1 is 1.41 bits per heavy atom. The number of hydrogen-bond donors (Lipinski definition) is 0. The van der Waals surface area contributed by atoms with Crippen LogP contribution >= 0.6 is 11.6 Å². The van der Waals surface area contributed by atoms with Crippen LogP contribution in [0.25, 0.3) is 11.2 Å². The van der Waals surface area contributed by atoms with Crippen LogP contribution in [0.1, 0.15) is 16.3 Å². The molecular formula is C13H12ClN5O3. The lowest BCUT2D eigenvalue weighted by atomic mass is 10.3. The van der Waals surface area contributed by atoms with Gasteiger partial charge in [-0.25, -0.2) is 14.8 Å². The van der Waals surface area contributed by atoms with E-state index in [1.165, 1.54) is 18.5 Å². The smallest absolute Gasteiger partial charge is 0.356 e. The van der Waals surface area contributed by atoms with E-state index in [2.05, 4.69) is 19.8 Å². The van der Waals surface area contributed by atoms with E-state index in [0.717, 1.165) is 0 Å². The number of hydrazone groups is 1. The number of esters is 1. The highest BCUT2D eigenvalue weighted by Crippen LogP contribution is 2.18. The van der Waals surface area contributed by atoms with Crippen LogP contribution in [-0.4, -0.2) is 39.0 Å². The minimum Gasteiger partial charge on any atom is -0.464 e. The largest absolute Gasteiger partial charge is 0.464 e. The van der Waals surface area contributed by atoms with E-state index in [0.29, 0.717) is 17.0 Å². The number of hydrogen-bond acceptors (Lipinski definition) is 7. The van der Waals surface area contributed by atoms with Crippen LogP contribution in [0.4, 0.5) is 0 Å². The molecule has 0 radical (unpaired) electrons. The van der Waals surface area contributed by atoms with Crippen LogP contribution in [0.15, 0.2) is 29.6 Å². The molecule has 3 heterocycles. The minimum absolute atomic E-state index is 0.192. The summed E-state index contributed by atoms with van der Waals surface area (Å²) in [6, 6.07) is 3.25. The first-order valence-corrected chi connectivity index (χ1v) is 6.90. The highest BCUT2D eigenvalue weighted by atomic mass is 35.5. The Kier molecular flexibility index (Phi) is 3.92. The van der Waals surface area contributed by atoms with Crippen molar-refractivity contribution in [3.05, 3.63) is 36.0 Å². The molecule has 0 saturated carbocycles. The molecule has 0 unspecified atom stereocenters. The number of methoxy groups -OCH3 is 1. The first kappa shape index (κ1) is 14.3. The Morgan fingerprint density at radius 3 is 2.95 bits per heavy atom. The maximum atomic E-state index is 11.6. The normalized spacial score (nSPS) is 13.5. The van der Waals surface area contributed by atoms with Crippen LogP contribution in [0.2, 0.25) is 0 Å². The van der Waals surface area contributed by atoms with E-state index in [-0.39, 0.29) is 18.2 Å². The van der Waals surface area contributed by atoms with Crippen molar-refractivity contribution >= 4 is 34.9 Å². The predicted molar refractivity (Wildman–Crippen MR) is 79.0 cm³/mol. The summed E-state index contributed by atoms with van der Waals surface area (Å²) in [7, 11) is 1.30. The van der Waals surface area contributed by atoms with Gasteiger partial charge in [-0.15, -0.1) is 21.9 Å². The summed E-state index contributed by atoms with van der Waals surface area (Å²) in [4.78, 5) is 25.6. The number of imidazole rings is 1. The van der Waals surface area contributed by atoms with Crippen molar-refractivity contribution in [2.75, 3.05) is 7.11 Å². The Labute approximate surface area is 130 Å². The van der Waals surface area contributed by atoms with Crippen molar-refractivity contribution in [3.8, 4) is 0 Å². The second-order valence-electron chi connectivity index (χ2n) is 4.31. The van der Waals surface area contributed by atoms with Crippen LogP contribution in [0.5, 0.6) is 0 Å². The lowest BCUT2D eigenvalue weighted by Gasteiger charge is -2.19. The van der Waals surface area contributed by atoms with Gasteiger partial charge >= 0.3 is 5.97 Å². The van der Waals surface area contributed by atoms with Gasteiger partial charge in [-0.3, -0.25) is 4.57 Å². The van der Waals surface area contributed by atoms with E-state index >= 15 is 0 Å². The molecule has 3 rings (SSSR count). The van der Waals surface area contributed by atoms with Crippen molar-refractivity contribution in [3.63, 3.8) is 0 Å². The standard InChI is InChI=1S/C13H12ClN5O3/c1-21-13(20)10-4-3-9-12(17-10)18(11(7-14)16-9)8-19-15-5-2-6-22-19/h2-6H,7-8H2,1H3. The van der Waals surface area contributed by atoms with Gasteiger partial charge in [0, 0.05) is 0 Å². The van der Waals surface area contributed by atoms with E-state index in [1.54, 1.807) is 29.0 Å². The average molecular weight is 322 g/mol. The average Bonchev–Trinajstić information content (AvgIpc) is 2.92. The predicted octanol–water partition coefficient (Wildman–Crippen LogP) is 1.66. The molecule has 0 saturated heterocycles. The van der Waals surface area contributed by atoms with Crippen molar-refractivity contribution in [1.82, 2.24) is 19.7 Å². The van der Waals surface area contributed by atoms with Gasteiger partial charge in [0.1, 0.15) is 17.6 Å². The number of fused-ring (bicyclic) bond motifs is 1. The maximum absolute atomic E-state index is 11.6. The van der Waals surface area contributed by atoms with Gasteiger partial charge < -0.3 is 9.57 Å². The third kappa shape index (κ3) is 2.60. The fourth-order valence-corrected chi connectivity index (χ4v) is 2.19. The number of alkyl halides is 1. The number of carbonyl (C=O) groups is 1. The fraction of sp³-hybridized carbons (Fsp3) is 0.231. The first-order chi connectivity index (χ1) is 10.7. The highest BCUT2D eigenvalue weighted by molar-refractivity contribution is 6.16. The highest BCUT2D eigenvalue weighted by Gasteiger charge is 2.17. The second kappa shape index (κ2) is 6.02. The van der Waals surface area contributed by atoms with E-state index in [9.17, 15) is 4.79 Å². The van der Waals surface area contributed by atoms with Gasteiger partial charge in [0.15, 0.2) is 18.0 Å². The van der Waals surface area contributed by atoms with Gasteiger partial charge in [-0.2, -0.15) is 0 Å². The van der Waals surface area contributed by atoms with Gasteiger partial charge in [-0.05, 0) is 18.2 Å². The number of halogens is 1. The summed E-state index contributed by atoms with van der Waals surface area (Å²) in [6.45, 7) is 0.233. The van der Waals surface area contributed by atoms with Crippen molar-refractivity contribution in [2.24, 2.45) is 5.10 Å². The topological polar surface area (TPSA) is 81.8 Å². The molecule has 0 aliphatic carbocycles. The van der Waals surface area contributed by atoms with Gasteiger partial charge in [0.05, 0.1) is 19.2 Å². The molecular weight excluding hydrogens is 310 g/mol. The van der Waals surface area contributed by atoms with Crippen LogP contribution in [0.3, 0.4) is 0 Å². The molecule has 0 N–H and O–H groups in total. The van der Waals surface area contributed by atoms with Gasteiger partial charge in [0.25, 0.3) is 0 Å². The maximum Gasteiger partial charge on any atom is 0.356 e. The monoisotopic (exact) mass is 321 g/mol. The zero-order valence-corrected chi connectivity index (χ0v) is 12.4. The van der Waals surface area contributed by atoms with Gasteiger partial charge in [0.2, 0.25) is 0 Å². The summed E-state index contributed by atoms with van der Waals surface area (Å²) in [6.07, 6.45) is 4.76. The molecule has 0 bridgehead atoms. The quantitative estimate of drug-likeness (QED) is 0.629. The summed E-state index contributed by atoms with van der Waals surface area (Å²) in [5.74, 6) is 0.272. The van der Waals surface area contributed by atoms with Crippen molar-refractivity contribution in [2.45, 2.75) is 12.5 Å². The number of pyridine rings is 1. The first-order valence-electron chi connectivity index (χ1n) is 6.37. The SMILES string of the molecule is COC(=O)c1ccc2nc(CCl)n(CN3N=CC=CO3)c2n1. The number of ether oxygens (including phenoxy) is 1. The zero-order valence-electron chi connectivity index (χ0n) is 11.6. The molecule has 22 heavy (non-hydrogen) atoms. The van der Waals surface area contributed by atoms with E-state index in [4.69, 9.17) is 16.4 Å². The molecule has 0 aromatic carbocycles. The van der Waals surface area contributed by atoms with Crippen molar-refractivity contribution < 1.29 is 14.4 Å². The van der Waals surface area contributed by atoms with Crippen LogP contribution in [0, 0.1) is 0 Å². The number of aromatic nitrogens is 3. The lowest BCUT2D eigenvalue weighted by molar-refractivity contribution is -0.128. The minimum atomic E-state index is -0.516. The molecule has 9 heteroatoms. The molecule has 0 fully saturated rings. The van der Waals surface area contributed by atoms with Crippen LogP contribution in [-0.2, 0) is 22.1 Å². The molecule has 2 aromatic rings. The summed E-state index contributed by atoms with van der Waals surface area (Å²) >= 11 is 5.94.